The summed E-state index contributed by atoms with van der Waals surface area (Å²) in [5, 5.41) is 11.7. The van der Waals surface area contributed by atoms with Gasteiger partial charge in [-0.2, -0.15) is 0 Å². The molecule has 8 heteroatoms. The van der Waals surface area contributed by atoms with Crippen LogP contribution < -0.4 is 0 Å². The molecule has 0 amide bonds. The average molecular weight is 795 g/mol. The van der Waals surface area contributed by atoms with Crippen LogP contribution in [0.4, 0.5) is 0 Å². The second-order valence-corrected chi connectivity index (χ2v) is 15.6. The van der Waals surface area contributed by atoms with Gasteiger partial charge in [0.2, 0.25) is 0 Å². The third-order valence-electron chi connectivity index (χ3n) is 11.7. The van der Waals surface area contributed by atoms with Crippen molar-refractivity contribution in [1.82, 2.24) is 29.9 Å². The molecule has 8 nitrogen and oxygen atoms in total. The Morgan fingerprint density at radius 3 is 0.935 bits per heavy atom. The van der Waals surface area contributed by atoms with Crippen LogP contribution in [0.15, 0.2) is 191 Å². The summed E-state index contributed by atoms with van der Waals surface area (Å²) in [6.07, 6.45) is 0. The Hall–Kier alpha value is -8.62. The molecule has 0 aliphatic rings. The number of hydrogen-bond donors (Lipinski definition) is 0. The maximum Gasteiger partial charge on any atom is 0.164 e. The highest BCUT2D eigenvalue weighted by Crippen LogP contribution is 2.34. The molecule has 0 atom stereocenters. The number of furan rings is 2. The highest BCUT2D eigenvalue weighted by molar-refractivity contribution is 6.07. The predicted octanol–water partition coefficient (Wildman–Crippen LogP) is 13.8. The van der Waals surface area contributed by atoms with Crippen molar-refractivity contribution >= 4 is 110 Å². The number of nitrogens with zero attached hydrogens (tertiary/aromatic N) is 6. The van der Waals surface area contributed by atoms with Gasteiger partial charge in [0.1, 0.15) is 22.3 Å². The van der Waals surface area contributed by atoms with E-state index in [1.807, 2.05) is 97.1 Å². The molecular weight excluding hydrogens is 765 g/mol. The zero-order valence-corrected chi connectivity index (χ0v) is 32.8. The van der Waals surface area contributed by atoms with Crippen LogP contribution in [-0.2, 0) is 0 Å². The van der Waals surface area contributed by atoms with Crippen molar-refractivity contribution in [3.8, 4) is 22.8 Å². The average Bonchev–Trinajstić information content (AvgIpc) is 3.91. The first-order valence-corrected chi connectivity index (χ1v) is 20.4. The monoisotopic (exact) mass is 794 g/mol. The fraction of sp³-hybridized carbons (Fsp3) is 0. The van der Waals surface area contributed by atoms with Crippen molar-refractivity contribution in [3.63, 3.8) is 0 Å². The van der Waals surface area contributed by atoms with Crippen LogP contribution >= 0.6 is 0 Å². The van der Waals surface area contributed by atoms with E-state index in [2.05, 4.69) is 84.9 Å². The van der Waals surface area contributed by atoms with E-state index in [0.717, 1.165) is 98.1 Å². The minimum Gasteiger partial charge on any atom is -0.456 e. The van der Waals surface area contributed by atoms with Crippen molar-refractivity contribution < 1.29 is 8.83 Å². The van der Waals surface area contributed by atoms with Crippen LogP contribution in [0.1, 0.15) is 0 Å². The predicted molar refractivity (Wildman–Crippen MR) is 250 cm³/mol. The van der Waals surface area contributed by atoms with Crippen molar-refractivity contribution in [2.24, 2.45) is 0 Å². The fourth-order valence-corrected chi connectivity index (χ4v) is 8.61. The van der Waals surface area contributed by atoms with Gasteiger partial charge in [0, 0.05) is 54.2 Å². The lowest BCUT2D eigenvalue weighted by molar-refractivity contribution is 0.668. The Morgan fingerprint density at radius 2 is 0.565 bits per heavy atom. The summed E-state index contributed by atoms with van der Waals surface area (Å²) in [5.74, 6) is 1.11. The minimum absolute atomic E-state index is 0.554. The standard InChI is InChI=1S/C54H30N6O2/c1-3-19-45-41(17-1)43-23-21-39(29-47(43)61-45)53-57-49-35-13-5-9-31(25-35)33-11-7-15-37(27-33)51-56-52(38-16-8-12-34(28-38)32-10-6-14-36(26-32)50(55-49)58-53)60-54(59-51)40-22-24-44-42-18-2-4-20-46(42)62-48(44)30-40/h1-30H. The molecule has 0 fully saturated rings. The molecule has 0 unspecified atom stereocenters. The Kier molecular flexibility index (Phi) is 7.43. The maximum atomic E-state index is 6.29. The van der Waals surface area contributed by atoms with E-state index < -0.39 is 0 Å². The largest absolute Gasteiger partial charge is 0.456 e. The molecule has 12 bridgehead atoms. The summed E-state index contributed by atoms with van der Waals surface area (Å²) in [6.45, 7) is 0. The Bertz CT molecular complexity index is 3720. The highest BCUT2D eigenvalue weighted by atomic mass is 16.3. The molecule has 0 saturated carbocycles. The normalized spacial score (nSPS) is 11.9. The summed E-state index contributed by atoms with van der Waals surface area (Å²) in [5.41, 5.74) is 7.17. The topological polar surface area (TPSA) is 104 Å². The lowest BCUT2D eigenvalue weighted by Gasteiger charge is -2.05. The van der Waals surface area contributed by atoms with Gasteiger partial charge < -0.3 is 8.83 Å². The van der Waals surface area contributed by atoms with Gasteiger partial charge in [-0.25, -0.2) is 29.9 Å². The highest BCUT2D eigenvalue weighted by Gasteiger charge is 2.14. The molecule has 288 valence electrons. The van der Waals surface area contributed by atoms with Gasteiger partial charge in [-0.15, -0.1) is 0 Å². The number of fused-ring (bicyclic) bond motifs is 24. The molecular formula is C54H30N6O2. The first kappa shape index (κ1) is 34.3. The first-order valence-electron chi connectivity index (χ1n) is 20.4. The Labute approximate surface area is 351 Å². The third kappa shape index (κ3) is 5.69. The van der Waals surface area contributed by atoms with Crippen molar-refractivity contribution in [2.75, 3.05) is 0 Å². The zero-order chi connectivity index (χ0) is 40.7. The molecule has 0 spiro atoms. The van der Waals surface area contributed by atoms with E-state index in [9.17, 15) is 0 Å². The molecule has 5 aromatic heterocycles. The number of benzene rings is 8. The summed E-state index contributed by atoms with van der Waals surface area (Å²) in [6, 6.07) is 61.7. The van der Waals surface area contributed by atoms with Crippen molar-refractivity contribution in [1.29, 1.82) is 0 Å². The maximum absolute atomic E-state index is 6.29. The second kappa shape index (κ2) is 13.5. The molecule has 0 aliphatic carbocycles. The summed E-state index contributed by atoms with van der Waals surface area (Å²) >= 11 is 0. The molecule has 5 heterocycles. The number of rotatable bonds is 2. The SMILES string of the molecule is c1cc2cc(c1)c1nc(-c3ccc4c(c3)oc3ccccc34)nc(n1)c1cccc(c1)c1cccc(c1)c1nc(-c3ccc4c(c3)oc3ccccc34)nc(n1)c1cccc2c1. The summed E-state index contributed by atoms with van der Waals surface area (Å²) in [4.78, 5) is 30.7. The van der Waals surface area contributed by atoms with Crippen LogP contribution in [0, 0.1) is 0 Å². The summed E-state index contributed by atoms with van der Waals surface area (Å²) < 4.78 is 12.6. The Balaban J connectivity index is 1.10. The number of para-hydroxylation sites is 2. The molecule has 0 saturated heterocycles. The molecule has 13 rings (SSSR count). The minimum atomic E-state index is 0.554. The quantitative estimate of drug-likeness (QED) is 0.170. The van der Waals surface area contributed by atoms with Gasteiger partial charge in [0.15, 0.2) is 34.2 Å². The lowest BCUT2D eigenvalue weighted by Crippen LogP contribution is -1.94. The van der Waals surface area contributed by atoms with E-state index in [-0.39, 0.29) is 0 Å². The zero-order valence-electron chi connectivity index (χ0n) is 32.8. The smallest absolute Gasteiger partial charge is 0.164 e. The molecule has 62 heavy (non-hydrogen) atoms. The van der Waals surface area contributed by atoms with Crippen LogP contribution in [0.3, 0.4) is 0 Å². The summed E-state index contributed by atoms with van der Waals surface area (Å²) in [7, 11) is 0. The van der Waals surface area contributed by atoms with Crippen LogP contribution in [0.25, 0.3) is 132 Å². The van der Waals surface area contributed by atoms with Crippen LogP contribution in [-0.4, -0.2) is 29.9 Å². The van der Waals surface area contributed by atoms with Crippen LogP contribution in [0.2, 0.25) is 0 Å². The van der Waals surface area contributed by atoms with E-state index in [1.165, 1.54) is 0 Å². The molecule has 0 radical (unpaired) electrons. The lowest BCUT2D eigenvalue weighted by atomic mass is 10.1. The van der Waals surface area contributed by atoms with Gasteiger partial charge >= 0.3 is 0 Å². The molecule has 0 N–H and O–H groups in total. The van der Waals surface area contributed by atoms with Gasteiger partial charge in [-0.3, -0.25) is 0 Å². The molecule has 8 aromatic carbocycles. The van der Waals surface area contributed by atoms with E-state index >= 15 is 0 Å². The Morgan fingerprint density at radius 1 is 0.242 bits per heavy atom. The molecule has 13 aromatic rings. The van der Waals surface area contributed by atoms with E-state index in [1.54, 1.807) is 0 Å². The fourth-order valence-electron chi connectivity index (χ4n) is 8.61. The number of aromatic nitrogens is 6. The van der Waals surface area contributed by atoms with Crippen molar-refractivity contribution in [3.05, 3.63) is 182 Å². The van der Waals surface area contributed by atoms with E-state index in [4.69, 9.17) is 38.7 Å². The van der Waals surface area contributed by atoms with Gasteiger partial charge in [-0.05, 0) is 82.2 Å². The number of hydrogen-bond acceptors (Lipinski definition) is 8. The van der Waals surface area contributed by atoms with Crippen molar-refractivity contribution in [2.45, 2.75) is 0 Å². The van der Waals surface area contributed by atoms with Gasteiger partial charge in [0.05, 0.1) is 0 Å². The van der Waals surface area contributed by atoms with Crippen LogP contribution in [0.5, 0.6) is 0 Å². The van der Waals surface area contributed by atoms with E-state index in [0.29, 0.717) is 34.2 Å². The molecule has 0 aliphatic heterocycles. The second-order valence-electron chi connectivity index (χ2n) is 15.6. The van der Waals surface area contributed by atoms with Gasteiger partial charge in [0.25, 0.3) is 0 Å². The third-order valence-corrected chi connectivity index (χ3v) is 11.7. The van der Waals surface area contributed by atoms with Gasteiger partial charge in [-0.1, -0.05) is 121 Å². The first-order chi connectivity index (χ1) is 30.6.